The van der Waals surface area contributed by atoms with Crippen molar-refractivity contribution >= 4 is 51.7 Å². The Kier molecular flexibility index (Phi) is 20.3. The minimum Gasteiger partial charge on any atom is -0.391 e. The molecule has 1 unspecified atom stereocenters. The fourth-order valence-electron chi connectivity index (χ4n) is 10.4. The Morgan fingerprint density at radius 2 is 1.56 bits per heavy atom. The van der Waals surface area contributed by atoms with Gasteiger partial charge in [-0.3, -0.25) is 33.6 Å². The average molecular weight is 1130 g/mol. The molecule has 2 aliphatic rings. The molecule has 21 heteroatoms. The molecule has 4 amide bonds. The number of amides is 4. The van der Waals surface area contributed by atoms with E-state index in [0.29, 0.717) is 30.9 Å². The van der Waals surface area contributed by atoms with Gasteiger partial charge in [0.25, 0.3) is 11.5 Å². The van der Waals surface area contributed by atoms with E-state index in [0.717, 1.165) is 99.9 Å². The van der Waals surface area contributed by atoms with Crippen LogP contribution in [-0.2, 0) is 35.1 Å². The number of aromatic nitrogens is 5. The Bertz CT molecular complexity index is 3180. The van der Waals surface area contributed by atoms with Crippen molar-refractivity contribution in [2.45, 2.75) is 112 Å². The summed E-state index contributed by atoms with van der Waals surface area (Å²) in [6, 6.07) is 15.7. The number of ether oxygens (including phenoxy) is 3. The number of pyridine rings is 2. The molecule has 5 atom stereocenters. The number of fused-ring (bicyclic) bond motifs is 1. The van der Waals surface area contributed by atoms with E-state index < -0.39 is 35.4 Å². The maximum absolute atomic E-state index is 14.1. The second-order valence-electron chi connectivity index (χ2n) is 22.3. The molecule has 5 N–H and O–H groups in total. The van der Waals surface area contributed by atoms with E-state index in [4.69, 9.17) is 19.2 Å². The summed E-state index contributed by atoms with van der Waals surface area (Å²) in [7, 11) is 0. The van der Waals surface area contributed by atoms with E-state index in [-0.39, 0.29) is 68.8 Å². The average Bonchev–Trinajstić information content (AvgIpc) is 4.44. The number of hydrogen-bond acceptors (Lipinski definition) is 15. The lowest BCUT2D eigenvalue weighted by Crippen LogP contribution is -2.58. The molecule has 2 aliphatic heterocycles. The third kappa shape index (κ3) is 15.2. The van der Waals surface area contributed by atoms with Crippen molar-refractivity contribution in [1.82, 2.24) is 50.5 Å². The second-order valence-corrected chi connectivity index (χ2v) is 23.2. The molecule has 6 aromatic rings. The molecule has 0 saturated carbocycles. The molecule has 4 aromatic heterocycles. The number of benzene rings is 2. The highest BCUT2D eigenvalue weighted by Crippen LogP contribution is 2.33. The van der Waals surface area contributed by atoms with Crippen LogP contribution in [0.15, 0.2) is 77.3 Å². The van der Waals surface area contributed by atoms with Gasteiger partial charge in [-0.15, -0.1) is 11.3 Å². The van der Waals surface area contributed by atoms with Crippen LogP contribution in [0.5, 0.6) is 0 Å². The number of thiazole rings is 1. The summed E-state index contributed by atoms with van der Waals surface area (Å²) in [5.41, 5.74) is 8.97. The normalized spacial score (nSPS) is 17.1. The summed E-state index contributed by atoms with van der Waals surface area (Å²) in [4.78, 5) is 86.6. The molecule has 434 valence electrons. The van der Waals surface area contributed by atoms with Crippen molar-refractivity contribution in [3.63, 3.8) is 0 Å². The number of piperazine rings is 1. The molecule has 2 saturated heterocycles. The van der Waals surface area contributed by atoms with Crippen LogP contribution in [0.25, 0.3) is 32.5 Å². The largest absolute Gasteiger partial charge is 0.391 e. The van der Waals surface area contributed by atoms with Gasteiger partial charge in [0.15, 0.2) is 0 Å². The van der Waals surface area contributed by atoms with Crippen LogP contribution in [0.1, 0.15) is 105 Å². The highest BCUT2D eigenvalue weighted by atomic mass is 32.1. The summed E-state index contributed by atoms with van der Waals surface area (Å²) in [6.07, 6.45) is 3.67. The number of nitrogens with zero attached hydrogens (tertiary/aromatic N) is 7. The van der Waals surface area contributed by atoms with Crippen LogP contribution in [0, 0.1) is 26.2 Å². The van der Waals surface area contributed by atoms with Gasteiger partial charge < -0.3 is 50.1 Å². The van der Waals surface area contributed by atoms with Gasteiger partial charge in [0.05, 0.1) is 78.5 Å². The van der Waals surface area contributed by atoms with Gasteiger partial charge in [-0.2, -0.15) is 5.10 Å². The number of H-pyrrole nitrogens is 1. The quantitative estimate of drug-likeness (QED) is 0.0420. The van der Waals surface area contributed by atoms with Crippen molar-refractivity contribution in [2.75, 3.05) is 83.8 Å². The molecule has 2 fully saturated rings. The SMILES string of the molecule is CCC(C)n1ncc2c(C(=O)NCc3c(C)cc(C)[nH]c3=O)cc(-c3ccc(N4CCN(CCOCCOCCOCC(=O)N[C@H](C(=O)N5C[C@H](O)C[C@H]5C(=O)N[C@@H](C)c5ccc(-c6scnc6C)cc5)C(C)(C)C)CC4)nc3)cc21. The summed E-state index contributed by atoms with van der Waals surface area (Å²) in [6.45, 7) is 22.9. The Hall–Kier alpha value is -6.88. The molecule has 0 aliphatic carbocycles. The smallest absolute Gasteiger partial charge is 0.253 e. The topological polar surface area (TPSA) is 238 Å². The Morgan fingerprint density at radius 3 is 2.21 bits per heavy atom. The van der Waals surface area contributed by atoms with Gasteiger partial charge in [0.2, 0.25) is 17.7 Å². The van der Waals surface area contributed by atoms with E-state index in [1.807, 2.05) is 113 Å². The Morgan fingerprint density at radius 1 is 0.852 bits per heavy atom. The van der Waals surface area contributed by atoms with Gasteiger partial charge in [-0.1, -0.05) is 52.0 Å². The van der Waals surface area contributed by atoms with Gasteiger partial charge in [-0.05, 0) is 99.0 Å². The van der Waals surface area contributed by atoms with Crippen LogP contribution >= 0.6 is 11.3 Å². The van der Waals surface area contributed by atoms with Crippen molar-refractivity contribution in [1.29, 1.82) is 0 Å². The monoisotopic (exact) mass is 1130 g/mol. The minimum atomic E-state index is -0.975. The number of carbonyl (C=O) groups excluding carboxylic acids is 4. The molecule has 20 nitrogen and oxygen atoms in total. The zero-order valence-corrected chi connectivity index (χ0v) is 49.0. The number of rotatable bonds is 24. The number of aromatic amines is 1. The fraction of sp³-hybridized carbons (Fsp3) is 0.500. The number of β-amino-alcohol motifs (C(OH)–C–C–N with tert-alkyl or cyclic N) is 1. The molecule has 8 rings (SSSR count). The van der Waals surface area contributed by atoms with Crippen LogP contribution in [0.4, 0.5) is 5.82 Å². The molecule has 2 aromatic carbocycles. The predicted octanol–water partition coefficient (Wildman–Crippen LogP) is 6.28. The summed E-state index contributed by atoms with van der Waals surface area (Å²) in [5, 5.41) is 24.9. The highest BCUT2D eigenvalue weighted by Gasteiger charge is 2.45. The van der Waals surface area contributed by atoms with Crippen molar-refractivity contribution in [3.8, 4) is 21.6 Å². The summed E-state index contributed by atoms with van der Waals surface area (Å²) >= 11 is 1.57. The zero-order valence-electron chi connectivity index (χ0n) is 48.2. The standard InChI is InChI=1S/C60H79N11O9S/c1-10-39(4)71-50-29-45(28-47(49(50)33-64-71)56(74)62-32-48-37(2)27-38(3)65-57(48)75)44-15-16-52(61-31-44)69-19-17-68(18-20-69)21-22-78-23-24-79-25-26-80-35-53(73)67-55(60(7,8)9)59(77)70-34-46(72)30-51(70)58(76)66-40(5)42-11-13-43(14-12-42)54-41(6)63-36-81-54/h11-16,27-29,31,33,36,39-40,46,51,55,72H,10,17-26,30,32,34-35H2,1-9H3,(H,62,74)(H,65,75)(H,66,76)(H,67,73)/t39?,40-,46+,51-,55+/m0/s1. The van der Waals surface area contributed by atoms with Crippen molar-refractivity contribution in [3.05, 3.63) is 116 Å². The van der Waals surface area contributed by atoms with E-state index in [1.165, 1.54) is 4.90 Å². The van der Waals surface area contributed by atoms with Gasteiger partial charge >= 0.3 is 0 Å². The maximum Gasteiger partial charge on any atom is 0.253 e. The van der Waals surface area contributed by atoms with Crippen molar-refractivity contribution in [2.24, 2.45) is 5.41 Å². The van der Waals surface area contributed by atoms with Crippen LogP contribution < -0.4 is 26.4 Å². The van der Waals surface area contributed by atoms with E-state index in [9.17, 15) is 29.1 Å². The zero-order chi connectivity index (χ0) is 58.0. The highest BCUT2D eigenvalue weighted by molar-refractivity contribution is 7.13. The van der Waals surface area contributed by atoms with Crippen LogP contribution in [0.3, 0.4) is 0 Å². The molecule has 81 heavy (non-hydrogen) atoms. The van der Waals surface area contributed by atoms with E-state index in [2.05, 4.69) is 60.7 Å². The number of aliphatic hydroxyl groups is 1. The first-order valence-electron chi connectivity index (χ1n) is 28.0. The number of likely N-dealkylation sites (tertiary alicyclic amines) is 1. The number of aliphatic hydroxyl groups excluding tert-OH is 1. The molecular formula is C60H79N11O9S. The number of hydrogen-bond donors (Lipinski definition) is 5. The molecule has 0 bridgehead atoms. The fourth-order valence-corrected chi connectivity index (χ4v) is 11.2. The Balaban J connectivity index is 0.720. The van der Waals surface area contributed by atoms with Crippen LogP contribution in [0.2, 0.25) is 0 Å². The summed E-state index contributed by atoms with van der Waals surface area (Å²) < 4.78 is 19.1. The second kappa shape index (κ2) is 27.3. The third-order valence-electron chi connectivity index (χ3n) is 15.3. The van der Waals surface area contributed by atoms with Gasteiger partial charge in [0, 0.05) is 86.7 Å². The number of nitrogens with one attached hydrogen (secondary N) is 4. The minimum absolute atomic E-state index is 0.0237. The molecule has 0 radical (unpaired) electrons. The number of carbonyl (C=O) groups is 4. The van der Waals surface area contributed by atoms with Crippen molar-refractivity contribution < 1.29 is 38.5 Å². The lowest BCUT2D eigenvalue weighted by Gasteiger charge is -2.35. The third-order valence-corrected chi connectivity index (χ3v) is 16.2. The van der Waals surface area contributed by atoms with E-state index in [1.54, 1.807) is 17.5 Å². The lowest BCUT2D eigenvalue weighted by atomic mass is 9.85. The predicted molar refractivity (Wildman–Crippen MR) is 313 cm³/mol. The lowest BCUT2D eigenvalue weighted by molar-refractivity contribution is -0.144. The molecule has 0 spiro atoms. The van der Waals surface area contributed by atoms with Gasteiger partial charge in [0.1, 0.15) is 24.5 Å². The summed E-state index contributed by atoms with van der Waals surface area (Å²) in [5.74, 6) is -0.705. The van der Waals surface area contributed by atoms with Crippen LogP contribution in [-0.4, -0.2) is 160 Å². The Labute approximate surface area is 478 Å². The van der Waals surface area contributed by atoms with Gasteiger partial charge in [-0.25, -0.2) is 9.97 Å². The number of aryl methyl sites for hydroxylation is 3. The number of anilines is 1. The molecular weight excluding hydrogens is 1050 g/mol. The first-order valence-corrected chi connectivity index (χ1v) is 28.9. The first kappa shape index (κ1) is 60.2. The maximum atomic E-state index is 14.1. The first-order chi connectivity index (χ1) is 38.8. The van der Waals surface area contributed by atoms with E-state index >= 15 is 0 Å². The molecule has 6 heterocycles.